The van der Waals surface area contributed by atoms with Crippen LogP contribution in [0.3, 0.4) is 0 Å². The molecule has 0 amide bonds. The first kappa shape index (κ1) is 18.0. The zero-order chi connectivity index (χ0) is 17.7. The van der Waals surface area contributed by atoms with Crippen molar-refractivity contribution in [2.45, 2.75) is 57.2 Å². The summed E-state index contributed by atoms with van der Waals surface area (Å²) in [6.07, 6.45) is 5.51. The minimum absolute atomic E-state index is 0.510. The Bertz CT molecular complexity index is 655. The first-order valence-corrected chi connectivity index (χ1v) is 9.42. The topological polar surface area (TPSA) is 55.5 Å². The Morgan fingerprint density at radius 2 is 1.56 bits per heavy atom. The van der Waals surface area contributed by atoms with E-state index in [-0.39, 0.29) is 0 Å². The van der Waals surface area contributed by atoms with E-state index >= 15 is 0 Å². The van der Waals surface area contributed by atoms with E-state index in [9.17, 15) is 5.11 Å². The lowest BCUT2D eigenvalue weighted by Crippen LogP contribution is -2.36. The molecule has 0 spiro atoms. The van der Waals surface area contributed by atoms with E-state index in [0.29, 0.717) is 12.5 Å². The number of nitrogens with two attached hydrogens (primary N) is 1. The van der Waals surface area contributed by atoms with Crippen molar-refractivity contribution < 1.29 is 9.84 Å². The van der Waals surface area contributed by atoms with Crippen LogP contribution in [0.2, 0.25) is 0 Å². The Morgan fingerprint density at radius 1 is 1.00 bits per heavy atom. The standard InChI is InChI=1S/C22H29NO2/c1-2-3-16-25-22(24)14-12-20(13-15-22)18-6-4-17(5-7-18)19-8-10-21(23)11-9-19/h4-11,20,24H,2-3,12-16,23H2,1H3/t20-,22-. The number of ether oxygens (including phenoxy) is 1. The van der Waals surface area contributed by atoms with Crippen molar-refractivity contribution in [1.29, 1.82) is 0 Å². The summed E-state index contributed by atoms with van der Waals surface area (Å²) in [5, 5.41) is 10.5. The molecule has 3 rings (SSSR count). The molecule has 2 aromatic carbocycles. The van der Waals surface area contributed by atoms with Crippen LogP contribution >= 0.6 is 0 Å². The third-order valence-corrected chi connectivity index (χ3v) is 5.26. The molecule has 0 aromatic heterocycles. The molecule has 1 fully saturated rings. The molecule has 134 valence electrons. The molecular weight excluding hydrogens is 310 g/mol. The molecule has 0 heterocycles. The van der Waals surface area contributed by atoms with Crippen LogP contribution in [-0.4, -0.2) is 17.5 Å². The molecule has 2 aromatic rings. The van der Waals surface area contributed by atoms with Gasteiger partial charge < -0.3 is 15.6 Å². The Morgan fingerprint density at radius 3 is 2.12 bits per heavy atom. The number of hydrogen-bond donors (Lipinski definition) is 2. The lowest BCUT2D eigenvalue weighted by molar-refractivity contribution is -0.222. The summed E-state index contributed by atoms with van der Waals surface area (Å²) >= 11 is 0. The maximum absolute atomic E-state index is 10.5. The van der Waals surface area contributed by atoms with Crippen LogP contribution < -0.4 is 5.73 Å². The molecule has 3 heteroatoms. The molecule has 0 radical (unpaired) electrons. The van der Waals surface area contributed by atoms with Gasteiger partial charge in [-0.05, 0) is 54.0 Å². The van der Waals surface area contributed by atoms with Crippen molar-refractivity contribution in [3.05, 3.63) is 54.1 Å². The van der Waals surface area contributed by atoms with Gasteiger partial charge in [0.2, 0.25) is 0 Å². The van der Waals surface area contributed by atoms with Gasteiger partial charge in [-0.1, -0.05) is 49.7 Å². The van der Waals surface area contributed by atoms with E-state index in [1.165, 1.54) is 16.7 Å². The van der Waals surface area contributed by atoms with E-state index in [1.807, 2.05) is 12.1 Å². The average Bonchev–Trinajstić information content (AvgIpc) is 2.63. The van der Waals surface area contributed by atoms with Crippen molar-refractivity contribution in [2.24, 2.45) is 0 Å². The third-order valence-electron chi connectivity index (χ3n) is 5.26. The number of aliphatic hydroxyl groups is 1. The predicted octanol–water partition coefficient (Wildman–Crippen LogP) is 5.10. The van der Waals surface area contributed by atoms with Crippen LogP contribution in [0.15, 0.2) is 48.5 Å². The summed E-state index contributed by atoms with van der Waals surface area (Å²) in [4.78, 5) is 0. The van der Waals surface area contributed by atoms with Gasteiger partial charge in [0.15, 0.2) is 5.79 Å². The Labute approximate surface area is 150 Å². The van der Waals surface area contributed by atoms with Gasteiger partial charge in [-0.15, -0.1) is 0 Å². The van der Waals surface area contributed by atoms with E-state index in [4.69, 9.17) is 10.5 Å². The van der Waals surface area contributed by atoms with Crippen molar-refractivity contribution in [2.75, 3.05) is 12.3 Å². The van der Waals surface area contributed by atoms with E-state index in [0.717, 1.165) is 44.2 Å². The second kappa shape index (κ2) is 8.03. The highest BCUT2D eigenvalue weighted by molar-refractivity contribution is 5.65. The van der Waals surface area contributed by atoms with Crippen LogP contribution in [0.4, 0.5) is 5.69 Å². The van der Waals surface area contributed by atoms with Crippen molar-refractivity contribution in [1.82, 2.24) is 0 Å². The second-order valence-electron chi connectivity index (χ2n) is 7.17. The molecule has 25 heavy (non-hydrogen) atoms. The largest absolute Gasteiger partial charge is 0.399 e. The van der Waals surface area contributed by atoms with Gasteiger partial charge in [-0.3, -0.25) is 0 Å². The molecule has 0 atom stereocenters. The number of rotatable bonds is 6. The minimum Gasteiger partial charge on any atom is -0.399 e. The molecule has 0 aliphatic heterocycles. The summed E-state index contributed by atoms with van der Waals surface area (Å²) in [5.41, 5.74) is 10.3. The number of hydrogen-bond acceptors (Lipinski definition) is 3. The highest BCUT2D eigenvalue weighted by atomic mass is 16.6. The zero-order valence-corrected chi connectivity index (χ0v) is 15.1. The summed E-state index contributed by atoms with van der Waals surface area (Å²) in [6, 6.07) is 16.8. The number of nitrogen functional groups attached to an aromatic ring is 1. The first-order valence-electron chi connectivity index (χ1n) is 9.42. The van der Waals surface area contributed by atoms with E-state index in [1.54, 1.807) is 0 Å². The SMILES string of the molecule is CCCCO[C@]1(O)CC[C@@H](c2ccc(-c3ccc(N)cc3)cc2)CC1. The lowest BCUT2D eigenvalue weighted by atomic mass is 9.80. The van der Waals surface area contributed by atoms with Crippen LogP contribution in [0.25, 0.3) is 11.1 Å². The molecule has 0 bridgehead atoms. The number of anilines is 1. The highest BCUT2D eigenvalue weighted by Crippen LogP contribution is 2.39. The quantitative estimate of drug-likeness (QED) is 0.437. The van der Waals surface area contributed by atoms with Gasteiger partial charge in [-0.25, -0.2) is 0 Å². The summed E-state index contributed by atoms with van der Waals surface area (Å²) in [5.74, 6) is -0.397. The smallest absolute Gasteiger partial charge is 0.165 e. The fraction of sp³-hybridized carbons (Fsp3) is 0.455. The van der Waals surface area contributed by atoms with Crippen molar-refractivity contribution in [3.63, 3.8) is 0 Å². The lowest BCUT2D eigenvalue weighted by Gasteiger charge is -2.36. The maximum Gasteiger partial charge on any atom is 0.165 e. The molecular formula is C22H29NO2. The Balaban J connectivity index is 1.59. The van der Waals surface area contributed by atoms with Crippen LogP contribution in [0.5, 0.6) is 0 Å². The van der Waals surface area contributed by atoms with Gasteiger partial charge in [-0.2, -0.15) is 0 Å². The monoisotopic (exact) mass is 339 g/mol. The van der Waals surface area contributed by atoms with E-state index < -0.39 is 5.79 Å². The molecule has 3 nitrogen and oxygen atoms in total. The highest BCUT2D eigenvalue weighted by Gasteiger charge is 2.34. The van der Waals surface area contributed by atoms with Crippen LogP contribution in [0, 0.1) is 0 Å². The normalized spacial score (nSPS) is 23.5. The van der Waals surface area contributed by atoms with Crippen LogP contribution in [0.1, 0.15) is 56.9 Å². The van der Waals surface area contributed by atoms with Gasteiger partial charge in [0, 0.05) is 18.5 Å². The first-order chi connectivity index (χ1) is 12.1. The molecule has 1 aliphatic carbocycles. The van der Waals surface area contributed by atoms with Crippen molar-refractivity contribution >= 4 is 5.69 Å². The summed E-state index contributed by atoms with van der Waals surface area (Å²) in [6.45, 7) is 2.80. The Kier molecular flexibility index (Phi) is 5.77. The molecule has 3 N–H and O–H groups in total. The van der Waals surface area contributed by atoms with Crippen LogP contribution in [-0.2, 0) is 4.74 Å². The van der Waals surface area contributed by atoms with Gasteiger partial charge in [0.25, 0.3) is 0 Å². The van der Waals surface area contributed by atoms with Gasteiger partial charge in [0.1, 0.15) is 0 Å². The zero-order valence-electron chi connectivity index (χ0n) is 15.1. The third kappa shape index (κ3) is 4.62. The average molecular weight is 339 g/mol. The fourth-order valence-electron chi connectivity index (χ4n) is 3.58. The molecule has 0 saturated heterocycles. The fourth-order valence-corrected chi connectivity index (χ4v) is 3.58. The number of unbranched alkanes of at least 4 members (excludes halogenated alkanes) is 1. The maximum atomic E-state index is 10.5. The van der Waals surface area contributed by atoms with Crippen molar-refractivity contribution in [3.8, 4) is 11.1 Å². The number of benzene rings is 2. The molecule has 1 aliphatic rings. The molecule has 0 unspecified atom stereocenters. The predicted molar refractivity (Wildman–Crippen MR) is 103 cm³/mol. The Hall–Kier alpha value is -1.84. The molecule has 1 saturated carbocycles. The van der Waals surface area contributed by atoms with Gasteiger partial charge >= 0.3 is 0 Å². The van der Waals surface area contributed by atoms with Gasteiger partial charge in [0.05, 0.1) is 6.61 Å². The second-order valence-corrected chi connectivity index (χ2v) is 7.17. The summed E-state index contributed by atoms with van der Waals surface area (Å²) < 4.78 is 5.73. The minimum atomic E-state index is -0.907. The summed E-state index contributed by atoms with van der Waals surface area (Å²) in [7, 11) is 0. The van der Waals surface area contributed by atoms with E-state index in [2.05, 4.69) is 43.3 Å².